The first-order valence-corrected chi connectivity index (χ1v) is 5.34. The van der Waals surface area contributed by atoms with Crippen molar-refractivity contribution in [2.45, 2.75) is 19.3 Å². The van der Waals surface area contributed by atoms with Crippen molar-refractivity contribution in [3.63, 3.8) is 0 Å². The molecule has 2 rings (SSSR count). The second kappa shape index (κ2) is 4.47. The Kier molecular flexibility index (Phi) is 3.04. The molecule has 0 radical (unpaired) electrons. The highest BCUT2D eigenvalue weighted by atomic mass is 16.5. The van der Waals surface area contributed by atoms with Crippen LogP contribution in [0.5, 0.6) is 5.75 Å². The average molecular weight is 191 g/mol. The first-order valence-electron chi connectivity index (χ1n) is 5.34. The maximum absolute atomic E-state index is 5.60. The van der Waals surface area contributed by atoms with E-state index in [1.807, 2.05) is 6.07 Å². The van der Waals surface area contributed by atoms with Gasteiger partial charge in [0.05, 0.1) is 6.61 Å². The summed E-state index contributed by atoms with van der Waals surface area (Å²) in [5.41, 5.74) is 1.36. The van der Waals surface area contributed by atoms with Gasteiger partial charge in [-0.3, -0.25) is 0 Å². The van der Waals surface area contributed by atoms with Gasteiger partial charge < -0.3 is 10.1 Å². The Labute approximate surface area is 85.3 Å². The fourth-order valence-electron chi connectivity index (χ4n) is 1.85. The van der Waals surface area contributed by atoms with Crippen molar-refractivity contribution in [2.75, 3.05) is 19.7 Å². The SMILES string of the molecule is CCCNCC1COc2ccccc21. The van der Waals surface area contributed by atoms with E-state index in [9.17, 15) is 0 Å². The summed E-state index contributed by atoms with van der Waals surface area (Å²) in [6.07, 6.45) is 1.19. The van der Waals surface area contributed by atoms with Gasteiger partial charge in [-0.05, 0) is 19.0 Å². The minimum absolute atomic E-state index is 0.540. The summed E-state index contributed by atoms with van der Waals surface area (Å²) in [6, 6.07) is 8.33. The lowest BCUT2D eigenvalue weighted by atomic mass is 10.0. The summed E-state index contributed by atoms with van der Waals surface area (Å²) >= 11 is 0. The molecule has 0 bridgehead atoms. The van der Waals surface area contributed by atoms with Gasteiger partial charge in [-0.1, -0.05) is 25.1 Å². The fourth-order valence-corrected chi connectivity index (χ4v) is 1.85. The standard InChI is InChI=1S/C12H17NO/c1-2-7-13-8-10-9-14-12-6-4-3-5-11(10)12/h3-6,10,13H,2,7-9H2,1H3. The van der Waals surface area contributed by atoms with E-state index in [4.69, 9.17) is 4.74 Å². The molecule has 0 saturated carbocycles. The van der Waals surface area contributed by atoms with Crippen LogP contribution in [0.4, 0.5) is 0 Å². The number of hydrogen-bond acceptors (Lipinski definition) is 2. The third-order valence-corrected chi connectivity index (χ3v) is 2.62. The Balaban J connectivity index is 1.96. The first kappa shape index (κ1) is 9.53. The van der Waals surface area contributed by atoms with Gasteiger partial charge in [0.1, 0.15) is 5.75 Å². The monoisotopic (exact) mass is 191 g/mol. The Morgan fingerprint density at radius 3 is 3.14 bits per heavy atom. The van der Waals surface area contributed by atoms with Crippen LogP contribution in [0.3, 0.4) is 0 Å². The maximum Gasteiger partial charge on any atom is 0.122 e. The molecule has 0 amide bonds. The van der Waals surface area contributed by atoms with Gasteiger partial charge in [-0.15, -0.1) is 0 Å². The molecular formula is C12H17NO. The van der Waals surface area contributed by atoms with Crippen LogP contribution >= 0.6 is 0 Å². The highest BCUT2D eigenvalue weighted by Crippen LogP contribution is 2.32. The van der Waals surface area contributed by atoms with E-state index in [1.54, 1.807) is 0 Å². The minimum Gasteiger partial charge on any atom is -0.493 e. The molecule has 0 spiro atoms. The average Bonchev–Trinajstić information content (AvgIpc) is 2.63. The van der Waals surface area contributed by atoms with Gasteiger partial charge in [-0.25, -0.2) is 0 Å². The molecule has 14 heavy (non-hydrogen) atoms. The third kappa shape index (κ3) is 1.90. The molecule has 2 heteroatoms. The van der Waals surface area contributed by atoms with Gasteiger partial charge in [-0.2, -0.15) is 0 Å². The van der Waals surface area contributed by atoms with E-state index in [2.05, 4.69) is 30.4 Å². The third-order valence-electron chi connectivity index (χ3n) is 2.62. The van der Waals surface area contributed by atoms with Crippen LogP contribution in [-0.2, 0) is 0 Å². The quantitative estimate of drug-likeness (QED) is 0.736. The van der Waals surface area contributed by atoms with Gasteiger partial charge in [0.25, 0.3) is 0 Å². The van der Waals surface area contributed by atoms with Crippen LogP contribution in [0.15, 0.2) is 24.3 Å². The Bertz CT molecular complexity index is 298. The summed E-state index contributed by atoms with van der Waals surface area (Å²) in [7, 11) is 0. The molecular weight excluding hydrogens is 174 g/mol. The van der Waals surface area contributed by atoms with Crippen LogP contribution < -0.4 is 10.1 Å². The van der Waals surface area contributed by atoms with Crippen molar-refractivity contribution in [3.05, 3.63) is 29.8 Å². The topological polar surface area (TPSA) is 21.3 Å². The van der Waals surface area contributed by atoms with Crippen LogP contribution in [0.2, 0.25) is 0 Å². The molecule has 0 saturated heterocycles. The molecule has 0 aromatic heterocycles. The zero-order valence-electron chi connectivity index (χ0n) is 8.62. The number of ether oxygens (including phenoxy) is 1. The molecule has 1 heterocycles. The van der Waals surface area contributed by atoms with Crippen molar-refractivity contribution in [1.82, 2.24) is 5.32 Å². The lowest BCUT2D eigenvalue weighted by molar-refractivity contribution is 0.326. The molecule has 76 valence electrons. The Morgan fingerprint density at radius 2 is 2.29 bits per heavy atom. The zero-order valence-corrected chi connectivity index (χ0v) is 8.62. The van der Waals surface area contributed by atoms with E-state index in [0.29, 0.717) is 5.92 Å². The van der Waals surface area contributed by atoms with E-state index in [-0.39, 0.29) is 0 Å². The molecule has 1 aromatic rings. The van der Waals surface area contributed by atoms with Crippen molar-refractivity contribution >= 4 is 0 Å². The van der Waals surface area contributed by atoms with Crippen molar-refractivity contribution in [3.8, 4) is 5.75 Å². The van der Waals surface area contributed by atoms with Gasteiger partial charge in [0, 0.05) is 18.0 Å². The Morgan fingerprint density at radius 1 is 1.43 bits per heavy atom. The predicted molar refractivity (Wildman–Crippen MR) is 57.8 cm³/mol. The number of rotatable bonds is 4. The highest BCUT2D eigenvalue weighted by molar-refractivity contribution is 5.39. The number of para-hydroxylation sites is 1. The van der Waals surface area contributed by atoms with Crippen LogP contribution in [-0.4, -0.2) is 19.7 Å². The van der Waals surface area contributed by atoms with Crippen molar-refractivity contribution in [1.29, 1.82) is 0 Å². The summed E-state index contributed by atoms with van der Waals surface area (Å²) in [5.74, 6) is 1.61. The molecule has 1 aromatic carbocycles. The van der Waals surface area contributed by atoms with Crippen LogP contribution in [0.25, 0.3) is 0 Å². The lowest BCUT2D eigenvalue weighted by Crippen LogP contribution is -2.23. The zero-order chi connectivity index (χ0) is 9.80. The molecule has 1 atom stereocenters. The van der Waals surface area contributed by atoms with E-state index in [0.717, 1.165) is 25.4 Å². The van der Waals surface area contributed by atoms with Gasteiger partial charge >= 0.3 is 0 Å². The minimum atomic E-state index is 0.540. The molecule has 0 fully saturated rings. The maximum atomic E-state index is 5.60. The molecule has 1 N–H and O–H groups in total. The molecule has 1 aliphatic heterocycles. The smallest absolute Gasteiger partial charge is 0.122 e. The van der Waals surface area contributed by atoms with E-state index >= 15 is 0 Å². The largest absolute Gasteiger partial charge is 0.493 e. The molecule has 2 nitrogen and oxygen atoms in total. The summed E-state index contributed by atoms with van der Waals surface area (Å²) in [5, 5.41) is 3.44. The predicted octanol–water partition coefficient (Wildman–Crippen LogP) is 2.16. The van der Waals surface area contributed by atoms with Crippen molar-refractivity contribution in [2.24, 2.45) is 0 Å². The molecule has 1 unspecified atom stereocenters. The van der Waals surface area contributed by atoms with Gasteiger partial charge in [0.15, 0.2) is 0 Å². The van der Waals surface area contributed by atoms with Gasteiger partial charge in [0.2, 0.25) is 0 Å². The lowest BCUT2D eigenvalue weighted by Gasteiger charge is -2.09. The second-order valence-corrected chi connectivity index (χ2v) is 3.75. The fraction of sp³-hybridized carbons (Fsp3) is 0.500. The van der Waals surface area contributed by atoms with Crippen molar-refractivity contribution < 1.29 is 4.74 Å². The van der Waals surface area contributed by atoms with E-state index < -0.39 is 0 Å². The number of hydrogen-bond donors (Lipinski definition) is 1. The Hall–Kier alpha value is -1.02. The summed E-state index contributed by atoms with van der Waals surface area (Å²) < 4.78 is 5.60. The molecule has 0 aliphatic carbocycles. The number of nitrogens with one attached hydrogen (secondary N) is 1. The summed E-state index contributed by atoms with van der Waals surface area (Å²) in [6.45, 7) is 5.14. The highest BCUT2D eigenvalue weighted by Gasteiger charge is 2.22. The number of benzene rings is 1. The normalized spacial score (nSPS) is 19.1. The molecule has 1 aliphatic rings. The van der Waals surface area contributed by atoms with E-state index in [1.165, 1.54) is 12.0 Å². The summed E-state index contributed by atoms with van der Waals surface area (Å²) in [4.78, 5) is 0. The van der Waals surface area contributed by atoms with Crippen LogP contribution in [0.1, 0.15) is 24.8 Å². The second-order valence-electron chi connectivity index (χ2n) is 3.75. The number of fused-ring (bicyclic) bond motifs is 1. The first-order chi connectivity index (χ1) is 6.92. The van der Waals surface area contributed by atoms with Crippen LogP contribution in [0, 0.1) is 0 Å².